The quantitative estimate of drug-likeness (QED) is 0.321. The molecule has 0 fully saturated rings. The summed E-state index contributed by atoms with van der Waals surface area (Å²) < 4.78 is 6.62. The van der Waals surface area contributed by atoms with Crippen molar-refractivity contribution in [2.24, 2.45) is 5.92 Å². The van der Waals surface area contributed by atoms with Crippen LogP contribution in [0.25, 0.3) is 0 Å². The topological polar surface area (TPSA) is 58.6 Å². The fourth-order valence-corrected chi connectivity index (χ4v) is 4.44. The average Bonchev–Trinajstić information content (AvgIpc) is 2.78. The van der Waals surface area contributed by atoms with E-state index >= 15 is 0 Å². The Kier molecular flexibility index (Phi) is 11.2. The van der Waals surface area contributed by atoms with Crippen LogP contribution in [-0.4, -0.2) is 35.9 Å². The van der Waals surface area contributed by atoms with Gasteiger partial charge in [-0.1, -0.05) is 70.0 Å². The van der Waals surface area contributed by atoms with E-state index in [0.717, 1.165) is 10.0 Å². The average molecular weight is 572 g/mol. The van der Waals surface area contributed by atoms with E-state index in [4.69, 9.17) is 27.9 Å². The Labute approximate surface area is 221 Å². The van der Waals surface area contributed by atoms with Gasteiger partial charge in [0.2, 0.25) is 5.91 Å². The third-order valence-corrected chi connectivity index (χ3v) is 6.76. The minimum atomic E-state index is -0.686. The van der Waals surface area contributed by atoms with Crippen LogP contribution in [0.2, 0.25) is 10.0 Å². The van der Waals surface area contributed by atoms with Gasteiger partial charge >= 0.3 is 0 Å². The Morgan fingerprint density at radius 1 is 1.09 bits per heavy atom. The second kappa shape index (κ2) is 13.4. The number of hydrogen-bond acceptors (Lipinski definition) is 3. The monoisotopic (exact) mass is 570 g/mol. The molecule has 1 N–H and O–H groups in total. The number of halogens is 3. The van der Waals surface area contributed by atoms with E-state index in [-0.39, 0.29) is 30.9 Å². The van der Waals surface area contributed by atoms with E-state index < -0.39 is 6.04 Å². The predicted octanol–water partition coefficient (Wildman–Crippen LogP) is 6.84. The molecule has 0 saturated heterocycles. The summed E-state index contributed by atoms with van der Waals surface area (Å²) in [5, 5.41) is 3.82. The Morgan fingerprint density at radius 2 is 1.74 bits per heavy atom. The third-order valence-electron chi connectivity index (χ3n) is 5.43. The molecule has 0 aliphatic carbocycles. The molecular weight excluding hydrogens is 539 g/mol. The molecule has 0 radical (unpaired) electrons. The van der Waals surface area contributed by atoms with Gasteiger partial charge in [0.15, 0.2) is 6.61 Å². The number of benzene rings is 2. The standard InChI is InChI=1S/C26H33BrCl2N2O3/c1-6-23(26(33)30-13-16(2)3)31(14-19-21(28)8-7-9-22(19)29)25(32)15-34-24-11-10-18(17(4)5)12-20(24)27/h7-12,16-17,23H,6,13-15H2,1-5H3,(H,30,33)/t23-/m0/s1. The van der Waals surface area contributed by atoms with Crippen LogP contribution >= 0.6 is 39.1 Å². The molecular formula is C26H33BrCl2N2O3. The lowest BCUT2D eigenvalue weighted by molar-refractivity contribution is -0.143. The van der Waals surface area contributed by atoms with Crippen LogP contribution in [0.3, 0.4) is 0 Å². The van der Waals surface area contributed by atoms with Crippen LogP contribution in [0.5, 0.6) is 5.75 Å². The summed E-state index contributed by atoms with van der Waals surface area (Å²) in [7, 11) is 0. The normalized spacial score (nSPS) is 12.1. The molecule has 0 aliphatic rings. The third kappa shape index (κ3) is 7.89. The van der Waals surface area contributed by atoms with Crippen LogP contribution in [0.1, 0.15) is 58.1 Å². The zero-order valence-corrected chi connectivity index (χ0v) is 23.4. The highest BCUT2D eigenvalue weighted by Crippen LogP contribution is 2.30. The number of hydrogen-bond donors (Lipinski definition) is 1. The van der Waals surface area contributed by atoms with E-state index in [0.29, 0.717) is 40.2 Å². The Balaban J connectivity index is 2.28. The molecule has 5 nitrogen and oxygen atoms in total. The summed E-state index contributed by atoms with van der Waals surface area (Å²) in [5.41, 5.74) is 1.75. The molecule has 0 unspecified atom stereocenters. The van der Waals surface area contributed by atoms with Gasteiger partial charge in [-0.05, 0) is 64.0 Å². The summed E-state index contributed by atoms with van der Waals surface area (Å²) in [4.78, 5) is 27.9. The van der Waals surface area contributed by atoms with Gasteiger partial charge in [-0.2, -0.15) is 0 Å². The molecule has 0 spiro atoms. The Bertz CT molecular complexity index is 978. The molecule has 2 amide bonds. The number of nitrogens with zero attached hydrogens (tertiary/aromatic N) is 1. The first-order chi connectivity index (χ1) is 16.0. The van der Waals surface area contributed by atoms with Gasteiger partial charge in [-0.3, -0.25) is 9.59 Å². The SMILES string of the molecule is CC[C@@H](C(=O)NCC(C)C)N(Cc1c(Cl)cccc1Cl)C(=O)COc1ccc(C(C)C)cc1Br. The second-order valence-corrected chi connectivity index (χ2v) is 10.6. The molecule has 8 heteroatoms. The summed E-state index contributed by atoms with van der Waals surface area (Å²) in [6.07, 6.45) is 0.435. The van der Waals surface area contributed by atoms with Gasteiger partial charge in [-0.25, -0.2) is 0 Å². The Morgan fingerprint density at radius 3 is 2.26 bits per heavy atom. The maximum atomic E-state index is 13.4. The van der Waals surface area contributed by atoms with Crippen LogP contribution in [0, 0.1) is 5.92 Å². The highest BCUT2D eigenvalue weighted by molar-refractivity contribution is 9.10. The zero-order chi connectivity index (χ0) is 25.4. The van der Waals surface area contributed by atoms with Gasteiger partial charge in [0.25, 0.3) is 5.91 Å². The van der Waals surface area contributed by atoms with Crippen molar-refractivity contribution in [1.29, 1.82) is 0 Å². The summed E-state index contributed by atoms with van der Waals surface area (Å²) in [6.45, 7) is 10.5. The molecule has 2 aromatic rings. The molecule has 1 atom stereocenters. The lowest BCUT2D eigenvalue weighted by atomic mass is 10.0. The minimum absolute atomic E-state index is 0.0990. The largest absolute Gasteiger partial charge is 0.483 e. The molecule has 0 aliphatic heterocycles. The van der Waals surface area contributed by atoms with Gasteiger partial charge in [0.05, 0.1) is 4.47 Å². The first-order valence-corrected chi connectivity index (χ1v) is 13.0. The van der Waals surface area contributed by atoms with Crippen LogP contribution in [0.4, 0.5) is 0 Å². The number of rotatable bonds is 11. The maximum absolute atomic E-state index is 13.4. The van der Waals surface area contributed by atoms with Gasteiger partial charge < -0.3 is 15.0 Å². The van der Waals surface area contributed by atoms with Crippen molar-refractivity contribution in [3.05, 3.63) is 62.0 Å². The smallest absolute Gasteiger partial charge is 0.261 e. The van der Waals surface area contributed by atoms with E-state index in [1.165, 1.54) is 4.90 Å². The summed E-state index contributed by atoms with van der Waals surface area (Å²) in [5.74, 6) is 0.680. The number of carbonyl (C=O) groups is 2. The lowest BCUT2D eigenvalue weighted by Crippen LogP contribution is -2.50. The minimum Gasteiger partial charge on any atom is -0.483 e. The number of ether oxygens (including phenoxy) is 1. The van der Waals surface area contributed by atoms with Crippen molar-refractivity contribution in [3.63, 3.8) is 0 Å². The van der Waals surface area contributed by atoms with Gasteiger partial charge in [0, 0.05) is 28.7 Å². The van der Waals surface area contributed by atoms with E-state index in [1.807, 2.05) is 39.0 Å². The maximum Gasteiger partial charge on any atom is 0.261 e. The predicted molar refractivity (Wildman–Crippen MR) is 143 cm³/mol. The molecule has 186 valence electrons. The van der Waals surface area contributed by atoms with Gasteiger partial charge in [0.1, 0.15) is 11.8 Å². The fourth-order valence-electron chi connectivity index (χ4n) is 3.41. The number of amides is 2. The summed E-state index contributed by atoms with van der Waals surface area (Å²) in [6, 6.07) is 10.3. The number of carbonyl (C=O) groups excluding carboxylic acids is 2. The Hall–Kier alpha value is -1.76. The van der Waals surface area contributed by atoms with Crippen LogP contribution < -0.4 is 10.1 Å². The van der Waals surface area contributed by atoms with Crippen molar-refractivity contribution in [2.45, 2.75) is 59.5 Å². The first kappa shape index (κ1) is 28.5. The van der Waals surface area contributed by atoms with Crippen molar-refractivity contribution < 1.29 is 14.3 Å². The molecule has 2 rings (SSSR count). The highest BCUT2D eigenvalue weighted by atomic mass is 79.9. The summed E-state index contributed by atoms with van der Waals surface area (Å²) >= 11 is 16.3. The molecule has 34 heavy (non-hydrogen) atoms. The van der Waals surface area contributed by atoms with E-state index in [2.05, 4.69) is 35.1 Å². The lowest BCUT2D eigenvalue weighted by Gasteiger charge is -2.31. The first-order valence-electron chi connectivity index (χ1n) is 11.5. The van der Waals surface area contributed by atoms with Crippen molar-refractivity contribution in [2.75, 3.05) is 13.2 Å². The molecule has 2 aromatic carbocycles. The van der Waals surface area contributed by atoms with Crippen molar-refractivity contribution in [1.82, 2.24) is 10.2 Å². The molecule has 0 bridgehead atoms. The zero-order valence-electron chi connectivity index (χ0n) is 20.3. The van der Waals surface area contributed by atoms with Crippen LogP contribution in [-0.2, 0) is 16.1 Å². The van der Waals surface area contributed by atoms with E-state index in [9.17, 15) is 9.59 Å². The van der Waals surface area contributed by atoms with Crippen molar-refractivity contribution in [3.8, 4) is 5.75 Å². The highest BCUT2D eigenvalue weighted by Gasteiger charge is 2.30. The molecule has 0 aromatic heterocycles. The second-order valence-electron chi connectivity index (χ2n) is 8.92. The molecule has 0 saturated carbocycles. The molecule has 0 heterocycles. The van der Waals surface area contributed by atoms with E-state index in [1.54, 1.807) is 18.2 Å². The van der Waals surface area contributed by atoms with Gasteiger partial charge in [-0.15, -0.1) is 0 Å². The fraction of sp³-hybridized carbons (Fsp3) is 0.462. The van der Waals surface area contributed by atoms with Crippen molar-refractivity contribution >= 4 is 50.9 Å². The number of nitrogens with one attached hydrogen (secondary N) is 1. The van der Waals surface area contributed by atoms with Crippen LogP contribution in [0.15, 0.2) is 40.9 Å².